The molecule has 112 valence electrons. The summed E-state index contributed by atoms with van der Waals surface area (Å²) >= 11 is 11.2. The first-order valence-corrected chi connectivity index (χ1v) is 7.47. The third kappa shape index (κ3) is 2.65. The van der Waals surface area contributed by atoms with Crippen molar-refractivity contribution in [3.05, 3.63) is 53.3 Å². The van der Waals surface area contributed by atoms with Crippen molar-refractivity contribution in [1.29, 1.82) is 0 Å². The third-order valence-corrected chi connectivity index (χ3v) is 3.75. The summed E-state index contributed by atoms with van der Waals surface area (Å²) < 4.78 is 7.36. The number of pyridine rings is 1. The van der Waals surface area contributed by atoms with Crippen LogP contribution in [-0.4, -0.2) is 21.5 Å². The number of benzene rings is 1. The van der Waals surface area contributed by atoms with Gasteiger partial charge in [-0.05, 0) is 24.3 Å². The maximum Gasteiger partial charge on any atom is 0.137 e. The lowest BCUT2D eigenvalue weighted by atomic mass is 10.1. The van der Waals surface area contributed by atoms with Crippen molar-refractivity contribution in [2.24, 2.45) is 5.73 Å². The van der Waals surface area contributed by atoms with Crippen molar-refractivity contribution in [3.63, 3.8) is 0 Å². The number of para-hydroxylation sites is 1. The first-order chi connectivity index (χ1) is 10.6. The fourth-order valence-electron chi connectivity index (χ4n) is 2.46. The van der Waals surface area contributed by atoms with Gasteiger partial charge >= 0.3 is 0 Å². The molecule has 0 radical (unpaired) electrons. The minimum atomic E-state index is 0.401. The number of hydrogen-bond donors (Lipinski definition) is 1. The summed E-state index contributed by atoms with van der Waals surface area (Å²) in [5, 5.41) is 0.626. The van der Waals surface area contributed by atoms with Crippen molar-refractivity contribution in [2.45, 2.75) is 6.42 Å². The Balaban J connectivity index is 2.30. The molecular formula is C16H14ClN3OS. The van der Waals surface area contributed by atoms with Gasteiger partial charge in [0.05, 0.1) is 28.5 Å². The Bertz CT molecular complexity index is 860. The van der Waals surface area contributed by atoms with E-state index in [1.54, 1.807) is 13.2 Å². The van der Waals surface area contributed by atoms with Crippen LogP contribution in [0.15, 0.2) is 42.6 Å². The van der Waals surface area contributed by atoms with Crippen molar-refractivity contribution in [3.8, 4) is 17.0 Å². The van der Waals surface area contributed by atoms with E-state index in [1.165, 1.54) is 0 Å². The van der Waals surface area contributed by atoms with Gasteiger partial charge in [0, 0.05) is 18.2 Å². The predicted molar refractivity (Wildman–Crippen MR) is 92.7 cm³/mol. The Hall–Kier alpha value is -2.11. The van der Waals surface area contributed by atoms with Crippen LogP contribution in [0.1, 0.15) is 5.69 Å². The van der Waals surface area contributed by atoms with Crippen molar-refractivity contribution < 1.29 is 4.74 Å². The van der Waals surface area contributed by atoms with Gasteiger partial charge in [-0.25, -0.2) is 4.98 Å². The molecule has 0 amide bonds. The molecule has 22 heavy (non-hydrogen) atoms. The molecule has 2 N–H and O–H groups in total. The maximum absolute atomic E-state index is 6.10. The van der Waals surface area contributed by atoms with Crippen LogP contribution in [-0.2, 0) is 6.42 Å². The van der Waals surface area contributed by atoms with E-state index < -0.39 is 0 Å². The predicted octanol–water partition coefficient (Wildman–Crippen LogP) is 3.49. The second kappa shape index (κ2) is 5.94. The van der Waals surface area contributed by atoms with Gasteiger partial charge in [-0.1, -0.05) is 36.0 Å². The lowest BCUT2D eigenvalue weighted by Gasteiger charge is -2.08. The van der Waals surface area contributed by atoms with Crippen LogP contribution < -0.4 is 10.5 Å². The van der Waals surface area contributed by atoms with Gasteiger partial charge in [0.2, 0.25) is 0 Å². The standard InChI is InChI=1S/C16H14ClN3OS/c1-21-13-5-3-2-4-11(13)16-12(8-14(18)22)20-9-10(17)6-7-15(20)19-16/h2-7,9H,8H2,1H3,(H2,18,22). The summed E-state index contributed by atoms with van der Waals surface area (Å²) in [5.41, 5.74) is 9.14. The van der Waals surface area contributed by atoms with Crippen LogP contribution in [0.2, 0.25) is 5.02 Å². The highest BCUT2D eigenvalue weighted by molar-refractivity contribution is 7.80. The molecule has 6 heteroatoms. The first kappa shape index (κ1) is 14.8. The number of ether oxygens (including phenoxy) is 1. The summed E-state index contributed by atoms with van der Waals surface area (Å²) in [6.07, 6.45) is 2.25. The van der Waals surface area contributed by atoms with Crippen LogP contribution in [0, 0.1) is 0 Å². The number of nitrogens with two attached hydrogens (primary N) is 1. The minimum Gasteiger partial charge on any atom is -0.496 e. The Labute approximate surface area is 138 Å². The van der Waals surface area contributed by atoms with E-state index in [2.05, 4.69) is 0 Å². The molecule has 0 unspecified atom stereocenters. The molecule has 1 aromatic carbocycles. The van der Waals surface area contributed by atoms with Gasteiger partial charge in [-0.2, -0.15) is 0 Å². The number of nitrogens with zero attached hydrogens (tertiary/aromatic N) is 2. The van der Waals surface area contributed by atoms with E-state index in [0.717, 1.165) is 28.3 Å². The van der Waals surface area contributed by atoms with Crippen LogP contribution in [0.25, 0.3) is 16.9 Å². The minimum absolute atomic E-state index is 0.401. The molecule has 0 spiro atoms. The third-order valence-electron chi connectivity index (χ3n) is 3.39. The zero-order valence-corrected chi connectivity index (χ0v) is 13.5. The van der Waals surface area contributed by atoms with Crippen LogP contribution >= 0.6 is 23.8 Å². The highest BCUT2D eigenvalue weighted by Gasteiger charge is 2.17. The van der Waals surface area contributed by atoms with Gasteiger partial charge in [-0.15, -0.1) is 0 Å². The number of aromatic nitrogens is 2. The van der Waals surface area contributed by atoms with Gasteiger partial charge < -0.3 is 14.9 Å². The van der Waals surface area contributed by atoms with Crippen LogP contribution in [0.3, 0.4) is 0 Å². The Morgan fingerprint density at radius 1 is 1.32 bits per heavy atom. The molecule has 0 aliphatic carbocycles. The lowest BCUT2D eigenvalue weighted by molar-refractivity contribution is 0.416. The second-order valence-electron chi connectivity index (χ2n) is 4.83. The van der Waals surface area contributed by atoms with E-state index in [4.69, 9.17) is 39.3 Å². The molecule has 0 saturated heterocycles. The summed E-state index contributed by atoms with van der Waals surface area (Å²) in [4.78, 5) is 5.10. The zero-order chi connectivity index (χ0) is 15.7. The Kier molecular flexibility index (Phi) is 4.00. The van der Waals surface area contributed by atoms with E-state index in [9.17, 15) is 0 Å². The molecule has 0 aliphatic rings. The van der Waals surface area contributed by atoms with Crippen LogP contribution in [0.4, 0.5) is 0 Å². The number of thiocarbonyl (C=S) groups is 1. The van der Waals surface area contributed by atoms with E-state index in [-0.39, 0.29) is 0 Å². The molecule has 0 aliphatic heterocycles. The Morgan fingerprint density at radius 2 is 2.09 bits per heavy atom. The number of methoxy groups -OCH3 is 1. The maximum atomic E-state index is 6.10. The highest BCUT2D eigenvalue weighted by atomic mass is 35.5. The van der Waals surface area contributed by atoms with Crippen molar-refractivity contribution >= 4 is 34.5 Å². The average molecular weight is 332 g/mol. The van der Waals surface area contributed by atoms with Gasteiger partial charge in [-0.3, -0.25) is 0 Å². The van der Waals surface area contributed by atoms with E-state index >= 15 is 0 Å². The monoisotopic (exact) mass is 331 g/mol. The molecule has 3 rings (SSSR count). The fraction of sp³-hybridized carbons (Fsp3) is 0.125. The fourth-order valence-corrected chi connectivity index (χ4v) is 2.75. The SMILES string of the molecule is COc1ccccc1-c1nc2ccc(Cl)cn2c1CC(N)=S. The summed E-state index contributed by atoms with van der Waals surface area (Å²) in [6, 6.07) is 11.4. The smallest absolute Gasteiger partial charge is 0.137 e. The number of fused-ring (bicyclic) bond motifs is 1. The number of halogens is 1. The number of rotatable bonds is 4. The van der Waals surface area contributed by atoms with Crippen LogP contribution in [0.5, 0.6) is 5.75 Å². The summed E-state index contributed by atoms with van der Waals surface area (Å²) in [5.74, 6) is 0.751. The average Bonchev–Trinajstić information content (AvgIpc) is 2.84. The largest absolute Gasteiger partial charge is 0.496 e. The molecule has 2 heterocycles. The quantitative estimate of drug-likeness (QED) is 0.743. The normalized spacial score (nSPS) is 10.8. The van der Waals surface area contributed by atoms with Gasteiger partial charge in [0.1, 0.15) is 11.4 Å². The van der Waals surface area contributed by atoms with E-state index in [0.29, 0.717) is 16.4 Å². The zero-order valence-electron chi connectivity index (χ0n) is 11.9. The summed E-state index contributed by atoms with van der Waals surface area (Å²) in [7, 11) is 1.64. The summed E-state index contributed by atoms with van der Waals surface area (Å²) in [6.45, 7) is 0. The molecule has 3 aromatic rings. The van der Waals surface area contributed by atoms with Gasteiger partial charge in [0.25, 0.3) is 0 Å². The van der Waals surface area contributed by atoms with Crippen molar-refractivity contribution in [1.82, 2.24) is 9.38 Å². The number of imidazole rings is 1. The molecule has 0 bridgehead atoms. The Morgan fingerprint density at radius 3 is 2.82 bits per heavy atom. The molecule has 0 saturated carbocycles. The van der Waals surface area contributed by atoms with E-state index in [1.807, 2.05) is 40.9 Å². The molecule has 0 atom stereocenters. The first-order valence-electron chi connectivity index (χ1n) is 6.68. The lowest BCUT2D eigenvalue weighted by Crippen LogP contribution is -2.13. The number of hydrogen-bond acceptors (Lipinski definition) is 3. The molecule has 0 fully saturated rings. The second-order valence-corrected chi connectivity index (χ2v) is 5.79. The van der Waals surface area contributed by atoms with Gasteiger partial charge in [0.15, 0.2) is 0 Å². The molecular weight excluding hydrogens is 318 g/mol. The highest BCUT2D eigenvalue weighted by Crippen LogP contribution is 2.32. The van der Waals surface area contributed by atoms with Crippen molar-refractivity contribution in [2.75, 3.05) is 7.11 Å². The topological polar surface area (TPSA) is 52.5 Å². The molecule has 2 aromatic heterocycles. The molecule has 4 nitrogen and oxygen atoms in total.